The van der Waals surface area contributed by atoms with Crippen molar-refractivity contribution < 1.29 is 4.79 Å². The van der Waals surface area contributed by atoms with Crippen LogP contribution in [0.4, 0.5) is 0 Å². The number of hydrogen-bond acceptors (Lipinski definition) is 4. The van der Waals surface area contributed by atoms with Gasteiger partial charge in [0, 0.05) is 29.7 Å². The fraction of sp³-hybridized carbons (Fsp3) is 0.273. The highest BCUT2D eigenvalue weighted by Gasteiger charge is 2.13. The number of hydrogen-bond donors (Lipinski definition) is 1. The van der Waals surface area contributed by atoms with Gasteiger partial charge in [0.2, 0.25) is 5.91 Å². The largest absolute Gasteiger partial charge is 0.355 e. The monoisotopic (exact) mass is 396 g/mol. The Kier molecular flexibility index (Phi) is 7.07. The van der Waals surface area contributed by atoms with E-state index in [2.05, 4.69) is 59.0 Å². The number of thiazole rings is 1. The van der Waals surface area contributed by atoms with Gasteiger partial charge in [0.05, 0.1) is 10.9 Å². The number of nitrogens with zero attached hydrogens (tertiary/aromatic N) is 1. The molecule has 3 aromatic rings. The number of thioether (sulfide) groups is 1. The summed E-state index contributed by atoms with van der Waals surface area (Å²) in [4.78, 5) is 17.0. The van der Waals surface area contributed by atoms with Crippen molar-refractivity contribution in [2.24, 2.45) is 0 Å². The van der Waals surface area contributed by atoms with E-state index in [1.165, 1.54) is 11.1 Å². The third-order valence-corrected chi connectivity index (χ3v) is 6.40. The molecule has 1 atom stereocenters. The van der Waals surface area contributed by atoms with E-state index >= 15 is 0 Å². The highest BCUT2D eigenvalue weighted by atomic mass is 32.2. The first-order valence-corrected chi connectivity index (χ1v) is 11.0. The second-order valence-corrected chi connectivity index (χ2v) is 8.68. The van der Waals surface area contributed by atoms with Crippen LogP contribution in [-0.2, 0) is 17.0 Å². The van der Waals surface area contributed by atoms with Crippen LogP contribution in [0.5, 0.6) is 0 Å². The zero-order valence-electron chi connectivity index (χ0n) is 15.6. The third-order valence-electron chi connectivity index (χ3n) is 4.24. The van der Waals surface area contributed by atoms with Crippen LogP contribution in [0.15, 0.2) is 60.0 Å². The van der Waals surface area contributed by atoms with Crippen LogP contribution in [-0.4, -0.2) is 22.7 Å². The highest BCUT2D eigenvalue weighted by molar-refractivity contribution is 7.99. The summed E-state index contributed by atoms with van der Waals surface area (Å²) in [6.45, 7) is 4.66. The van der Waals surface area contributed by atoms with E-state index < -0.39 is 0 Å². The summed E-state index contributed by atoms with van der Waals surface area (Å²) < 4.78 is 0. The quantitative estimate of drug-likeness (QED) is 0.576. The molecule has 3 rings (SSSR count). The zero-order valence-corrected chi connectivity index (χ0v) is 17.3. The van der Waals surface area contributed by atoms with E-state index in [9.17, 15) is 4.79 Å². The van der Waals surface area contributed by atoms with Gasteiger partial charge < -0.3 is 5.32 Å². The number of rotatable bonds is 8. The molecule has 0 spiro atoms. The average Bonchev–Trinajstić information content (AvgIpc) is 3.16. The lowest BCUT2D eigenvalue weighted by atomic mass is 10.2. The zero-order chi connectivity index (χ0) is 19.1. The van der Waals surface area contributed by atoms with E-state index in [4.69, 9.17) is 0 Å². The molecule has 0 fully saturated rings. The van der Waals surface area contributed by atoms with E-state index in [1.54, 1.807) is 23.1 Å². The SMILES string of the molecule is Cc1ccc(-c2nc(CCNC(=O)C(C)SCc3ccccc3)cs2)cc1. The smallest absolute Gasteiger partial charge is 0.232 e. The Balaban J connectivity index is 1.42. The number of carbonyl (C=O) groups is 1. The number of benzene rings is 2. The summed E-state index contributed by atoms with van der Waals surface area (Å²) >= 11 is 3.31. The molecule has 0 aliphatic rings. The number of carbonyl (C=O) groups excluding carboxylic acids is 1. The predicted molar refractivity (Wildman–Crippen MR) is 116 cm³/mol. The van der Waals surface area contributed by atoms with Crippen molar-refractivity contribution >= 4 is 29.0 Å². The molecule has 1 aromatic heterocycles. The van der Waals surface area contributed by atoms with Gasteiger partial charge >= 0.3 is 0 Å². The minimum atomic E-state index is -0.0660. The van der Waals surface area contributed by atoms with Crippen molar-refractivity contribution in [1.29, 1.82) is 0 Å². The average molecular weight is 397 g/mol. The molecule has 1 amide bonds. The van der Waals surface area contributed by atoms with Crippen LogP contribution < -0.4 is 5.32 Å². The molecule has 0 saturated carbocycles. The maximum absolute atomic E-state index is 12.3. The molecule has 1 N–H and O–H groups in total. The molecule has 27 heavy (non-hydrogen) atoms. The molecule has 0 bridgehead atoms. The van der Waals surface area contributed by atoms with Gasteiger partial charge in [0.15, 0.2) is 0 Å². The van der Waals surface area contributed by atoms with E-state index in [-0.39, 0.29) is 11.2 Å². The van der Waals surface area contributed by atoms with Crippen LogP contribution in [0.2, 0.25) is 0 Å². The van der Waals surface area contributed by atoms with Gasteiger partial charge in [-0.3, -0.25) is 4.79 Å². The van der Waals surface area contributed by atoms with Crippen molar-refractivity contribution in [2.45, 2.75) is 31.3 Å². The summed E-state index contributed by atoms with van der Waals surface area (Å²) in [6, 6.07) is 18.6. The van der Waals surface area contributed by atoms with Gasteiger partial charge in [-0.25, -0.2) is 4.98 Å². The Morgan fingerprint density at radius 2 is 1.89 bits per heavy atom. The normalized spacial score (nSPS) is 11.9. The van der Waals surface area contributed by atoms with Gasteiger partial charge in [-0.1, -0.05) is 60.2 Å². The lowest BCUT2D eigenvalue weighted by molar-refractivity contribution is -0.120. The second kappa shape index (κ2) is 9.72. The van der Waals surface area contributed by atoms with Crippen LogP contribution in [0.25, 0.3) is 10.6 Å². The Morgan fingerprint density at radius 3 is 2.63 bits per heavy atom. The molecule has 5 heteroatoms. The van der Waals surface area contributed by atoms with Crippen LogP contribution in [0.1, 0.15) is 23.7 Å². The summed E-state index contributed by atoms with van der Waals surface area (Å²) in [6.07, 6.45) is 0.754. The van der Waals surface area contributed by atoms with Crippen LogP contribution in [0, 0.1) is 6.92 Å². The van der Waals surface area contributed by atoms with Gasteiger partial charge in [0.1, 0.15) is 5.01 Å². The molecular formula is C22H24N2OS2. The van der Waals surface area contributed by atoms with Gasteiger partial charge in [-0.2, -0.15) is 0 Å². The van der Waals surface area contributed by atoms with E-state index in [0.29, 0.717) is 6.54 Å². The molecule has 0 aliphatic carbocycles. The fourth-order valence-electron chi connectivity index (χ4n) is 2.58. The molecule has 1 heterocycles. The lowest BCUT2D eigenvalue weighted by Gasteiger charge is -2.11. The molecule has 2 aromatic carbocycles. The van der Waals surface area contributed by atoms with Gasteiger partial charge in [0.25, 0.3) is 0 Å². The van der Waals surface area contributed by atoms with Crippen molar-refractivity contribution in [3.8, 4) is 10.6 Å². The molecule has 140 valence electrons. The summed E-state index contributed by atoms with van der Waals surface area (Å²) in [7, 11) is 0. The first kappa shape index (κ1) is 19.6. The first-order valence-electron chi connectivity index (χ1n) is 9.06. The summed E-state index contributed by atoms with van der Waals surface area (Å²) in [5, 5.41) is 6.07. The Morgan fingerprint density at radius 1 is 1.15 bits per heavy atom. The molecule has 0 aliphatic heterocycles. The van der Waals surface area contributed by atoms with Crippen LogP contribution >= 0.6 is 23.1 Å². The minimum absolute atomic E-state index is 0.0660. The maximum atomic E-state index is 12.3. The summed E-state index contributed by atoms with van der Waals surface area (Å²) in [5.74, 6) is 0.937. The number of amides is 1. The van der Waals surface area contributed by atoms with Crippen molar-refractivity contribution in [3.63, 3.8) is 0 Å². The predicted octanol–water partition coefficient (Wildman–Crippen LogP) is 5.10. The lowest BCUT2D eigenvalue weighted by Crippen LogP contribution is -2.32. The van der Waals surface area contributed by atoms with Crippen molar-refractivity contribution in [1.82, 2.24) is 10.3 Å². The van der Waals surface area contributed by atoms with Gasteiger partial charge in [-0.15, -0.1) is 23.1 Å². The highest BCUT2D eigenvalue weighted by Crippen LogP contribution is 2.24. The van der Waals surface area contributed by atoms with E-state index in [0.717, 1.165) is 28.4 Å². The molecule has 1 unspecified atom stereocenters. The Hall–Kier alpha value is -2.11. The van der Waals surface area contributed by atoms with E-state index in [1.807, 2.05) is 25.1 Å². The minimum Gasteiger partial charge on any atom is -0.355 e. The second-order valence-electron chi connectivity index (χ2n) is 6.49. The van der Waals surface area contributed by atoms with Crippen molar-refractivity contribution in [2.75, 3.05) is 6.54 Å². The molecule has 3 nitrogen and oxygen atoms in total. The molecule has 0 radical (unpaired) electrons. The standard InChI is InChI=1S/C22H24N2OS2/c1-16-8-10-19(11-9-16)22-24-20(15-27-22)12-13-23-21(25)17(2)26-14-18-6-4-3-5-7-18/h3-11,15,17H,12-14H2,1-2H3,(H,23,25). The summed E-state index contributed by atoms with van der Waals surface area (Å²) in [5.41, 5.74) is 4.66. The topological polar surface area (TPSA) is 42.0 Å². The fourth-order valence-corrected chi connectivity index (χ4v) is 4.31. The Bertz CT molecular complexity index is 860. The van der Waals surface area contributed by atoms with Crippen molar-refractivity contribution in [3.05, 3.63) is 76.8 Å². The Labute approximate surface area is 169 Å². The number of aryl methyl sites for hydroxylation is 1. The van der Waals surface area contributed by atoms with Gasteiger partial charge in [-0.05, 0) is 19.4 Å². The number of aromatic nitrogens is 1. The first-order chi connectivity index (χ1) is 13.1. The maximum Gasteiger partial charge on any atom is 0.232 e. The van der Waals surface area contributed by atoms with Crippen LogP contribution in [0.3, 0.4) is 0 Å². The number of nitrogens with one attached hydrogen (secondary N) is 1. The molecular weight excluding hydrogens is 372 g/mol. The third kappa shape index (κ3) is 5.94. The molecule has 0 saturated heterocycles.